The maximum atomic E-state index is 9.03. The van der Waals surface area contributed by atoms with Crippen LogP contribution in [0.2, 0.25) is 0 Å². The number of rotatable bonds is 2. The number of nitriles is 1. The van der Waals surface area contributed by atoms with Crippen molar-refractivity contribution in [2.45, 2.75) is 26.3 Å². The largest absolute Gasteiger partial charge is 0.366 e. The van der Waals surface area contributed by atoms with Gasteiger partial charge in [0, 0.05) is 23.2 Å². The Bertz CT molecular complexity index is 481. The molecule has 2 atom stereocenters. The first-order valence-corrected chi connectivity index (χ1v) is 7.51. The van der Waals surface area contributed by atoms with Gasteiger partial charge in [0.2, 0.25) is 0 Å². The van der Waals surface area contributed by atoms with E-state index in [9.17, 15) is 0 Å². The zero-order chi connectivity index (χ0) is 13.8. The molecule has 4 heteroatoms. The minimum absolute atomic E-state index is 0.260. The summed E-state index contributed by atoms with van der Waals surface area (Å²) in [7, 11) is 0. The molecule has 1 heterocycles. The molecule has 0 amide bonds. The number of hydrogen-bond donors (Lipinski definition) is 1. The van der Waals surface area contributed by atoms with E-state index >= 15 is 0 Å². The lowest BCUT2D eigenvalue weighted by molar-refractivity contribution is 0.563. The molecule has 0 bridgehead atoms. The number of aryl methyl sites for hydroxylation is 1. The number of hydrogen-bond acceptors (Lipinski definition) is 3. The van der Waals surface area contributed by atoms with Crippen LogP contribution in [0.4, 0.5) is 5.69 Å². The van der Waals surface area contributed by atoms with Gasteiger partial charge in [-0.2, -0.15) is 5.26 Å². The third-order valence-corrected chi connectivity index (χ3v) is 4.51. The Balaban J connectivity index is 2.30. The Labute approximate surface area is 123 Å². The summed E-state index contributed by atoms with van der Waals surface area (Å²) in [4.78, 5) is 2.38. The van der Waals surface area contributed by atoms with Gasteiger partial charge in [0.1, 0.15) is 0 Å². The second-order valence-electron chi connectivity index (χ2n) is 5.37. The summed E-state index contributed by atoms with van der Waals surface area (Å²) >= 11 is 3.54. The van der Waals surface area contributed by atoms with Crippen molar-refractivity contribution in [2.24, 2.45) is 5.92 Å². The summed E-state index contributed by atoms with van der Waals surface area (Å²) in [5, 5.41) is 12.5. The fourth-order valence-electron chi connectivity index (χ4n) is 2.57. The van der Waals surface area contributed by atoms with E-state index < -0.39 is 0 Å². The van der Waals surface area contributed by atoms with Crippen molar-refractivity contribution in [2.75, 3.05) is 24.5 Å². The van der Waals surface area contributed by atoms with Crippen LogP contribution in [0, 0.1) is 24.2 Å². The van der Waals surface area contributed by atoms with Gasteiger partial charge in [-0.05, 0) is 43.1 Å². The Morgan fingerprint density at radius 1 is 1.47 bits per heavy atom. The first kappa shape index (κ1) is 14.4. The molecule has 0 aromatic heterocycles. The van der Waals surface area contributed by atoms with Crippen LogP contribution in [0.3, 0.4) is 0 Å². The SMILES string of the molecule is Cc1cc(N2CC(C)CNCC2CC#N)ccc1Br. The molecule has 2 unspecified atom stereocenters. The van der Waals surface area contributed by atoms with Gasteiger partial charge in [-0.25, -0.2) is 0 Å². The monoisotopic (exact) mass is 321 g/mol. The van der Waals surface area contributed by atoms with E-state index in [4.69, 9.17) is 5.26 Å². The normalized spacial score (nSPS) is 23.8. The van der Waals surface area contributed by atoms with Gasteiger partial charge in [0.15, 0.2) is 0 Å². The molecule has 1 saturated heterocycles. The molecular weight excluding hydrogens is 302 g/mol. The quantitative estimate of drug-likeness (QED) is 0.909. The van der Waals surface area contributed by atoms with Crippen molar-refractivity contribution >= 4 is 21.6 Å². The summed E-state index contributed by atoms with van der Waals surface area (Å²) in [5.74, 6) is 0.590. The molecule has 0 aliphatic carbocycles. The van der Waals surface area contributed by atoms with Crippen molar-refractivity contribution in [1.82, 2.24) is 5.32 Å². The summed E-state index contributed by atoms with van der Waals surface area (Å²) in [6.45, 7) is 7.26. The van der Waals surface area contributed by atoms with E-state index in [0.717, 1.165) is 24.1 Å². The highest BCUT2D eigenvalue weighted by atomic mass is 79.9. The first-order valence-electron chi connectivity index (χ1n) is 6.72. The van der Waals surface area contributed by atoms with Crippen LogP contribution < -0.4 is 10.2 Å². The molecular formula is C15H20BrN3. The third-order valence-electron chi connectivity index (χ3n) is 3.62. The van der Waals surface area contributed by atoms with Gasteiger partial charge in [-0.15, -0.1) is 0 Å². The van der Waals surface area contributed by atoms with Crippen LogP contribution in [0.25, 0.3) is 0 Å². The average molecular weight is 322 g/mol. The molecule has 19 heavy (non-hydrogen) atoms. The van der Waals surface area contributed by atoms with Gasteiger partial charge in [-0.1, -0.05) is 22.9 Å². The first-order chi connectivity index (χ1) is 9.11. The molecule has 1 aromatic carbocycles. The number of anilines is 1. The van der Waals surface area contributed by atoms with Gasteiger partial charge >= 0.3 is 0 Å². The number of benzene rings is 1. The lowest BCUT2D eigenvalue weighted by Gasteiger charge is -2.32. The maximum Gasteiger partial charge on any atom is 0.0643 e. The second kappa shape index (κ2) is 6.40. The van der Waals surface area contributed by atoms with Crippen molar-refractivity contribution in [3.8, 4) is 6.07 Å². The Kier molecular flexibility index (Phi) is 4.84. The zero-order valence-corrected chi connectivity index (χ0v) is 13.1. The van der Waals surface area contributed by atoms with Crippen LogP contribution in [-0.4, -0.2) is 25.7 Å². The molecule has 0 saturated carbocycles. The highest BCUT2D eigenvalue weighted by molar-refractivity contribution is 9.10. The molecule has 1 aliphatic heterocycles. The van der Waals surface area contributed by atoms with Gasteiger partial charge in [-0.3, -0.25) is 0 Å². The fraction of sp³-hybridized carbons (Fsp3) is 0.533. The topological polar surface area (TPSA) is 39.1 Å². The maximum absolute atomic E-state index is 9.03. The van der Waals surface area contributed by atoms with Crippen molar-refractivity contribution < 1.29 is 0 Å². The lowest BCUT2D eigenvalue weighted by Crippen LogP contribution is -2.40. The van der Waals surface area contributed by atoms with Gasteiger partial charge in [0.05, 0.1) is 18.5 Å². The van der Waals surface area contributed by atoms with Gasteiger partial charge < -0.3 is 10.2 Å². The Morgan fingerprint density at radius 2 is 2.26 bits per heavy atom. The molecule has 0 radical (unpaired) electrons. The lowest BCUT2D eigenvalue weighted by atomic mass is 10.1. The summed E-state index contributed by atoms with van der Waals surface area (Å²) in [6.07, 6.45) is 0.564. The minimum atomic E-state index is 0.260. The van der Waals surface area contributed by atoms with Crippen LogP contribution >= 0.6 is 15.9 Å². The molecule has 2 rings (SSSR count). The Morgan fingerprint density at radius 3 is 2.95 bits per heavy atom. The van der Waals surface area contributed by atoms with E-state index in [1.54, 1.807) is 0 Å². The molecule has 1 aliphatic rings. The molecule has 1 N–H and O–H groups in total. The number of nitrogens with zero attached hydrogens (tertiary/aromatic N) is 2. The average Bonchev–Trinajstić information content (AvgIpc) is 2.56. The van der Waals surface area contributed by atoms with Crippen LogP contribution in [0.5, 0.6) is 0 Å². The molecule has 0 spiro atoms. The highest BCUT2D eigenvalue weighted by Gasteiger charge is 2.24. The number of halogens is 1. The van der Waals surface area contributed by atoms with E-state index in [1.807, 2.05) is 0 Å². The van der Waals surface area contributed by atoms with Crippen LogP contribution in [0.1, 0.15) is 18.9 Å². The fourth-order valence-corrected chi connectivity index (χ4v) is 2.81. The van der Waals surface area contributed by atoms with Crippen molar-refractivity contribution in [3.63, 3.8) is 0 Å². The second-order valence-corrected chi connectivity index (χ2v) is 6.22. The van der Waals surface area contributed by atoms with Crippen LogP contribution in [-0.2, 0) is 0 Å². The molecule has 3 nitrogen and oxygen atoms in total. The summed E-state index contributed by atoms with van der Waals surface area (Å²) in [6, 6.07) is 9.01. The molecule has 1 aromatic rings. The predicted octanol–water partition coefficient (Wildman–Crippen LogP) is 3.09. The molecule has 102 valence electrons. The molecule has 1 fully saturated rings. The highest BCUT2D eigenvalue weighted by Crippen LogP contribution is 2.26. The zero-order valence-electron chi connectivity index (χ0n) is 11.5. The summed E-state index contributed by atoms with van der Waals surface area (Å²) < 4.78 is 1.13. The van der Waals surface area contributed by atoms with Crippen molar-refractivity contribution in [1.29, 1.82) is 5.26 Å². The standard InChI is InChI=1S/C15H20BrN3/c1-11-8-18-9-14(5-6-17)19(10-11)13-3-4-15(16)12(2)7-13/h3-4,7,11,14,18H,5,8-10H2,1-2H3. The minimum Gasteiger partial charge on any atom is -0.366 e. The van der Waals surface area contributed by atoms with E-state index in [1.165, 1.54) is 11.3 Å². The van der Waals surface area contributed by atoms with E-state index in [-0.39, 0.29) is 6.04 Å². The summed E-state index contributed by atoms with van der Waals surface area (Å²) in [5.41, 5.74) is 2.45. The van der Waals surface area contributed by atoms with Crippen LogP contribution in [0.15, 0.2) is 22.7 Å². The Hall–Kier alpha value is -1.05. The van der Waals surface area contributed by atoms with Crippen molar-refractivity contribution in [3.05, 3.63) is 28.2 Å². The predicted molar refractivity (Wildman–Crippen MR) is 82.3 cm³/mol. The number of nitrogens with one attached hydrogen (secondary N) is 1. The van der Waals surface area contributed by atoms with E-state index in [0.29, 0.717) is 12.3 Å². The third kappa shape index (κ3) is 3.49. The van der Waals surface area contributed by atoms with Gasteiger partial charge in [0.25, 0.3) is 0 Å². The van der Waals surface area contributed by atoms with E-state index in [2.05, 4.69) is 64.3 Å². The smallest absolute Gasteiger partial charge is 0.0643 e.